The molecule has 2 rings (SSSR count). The van der Waals surface area contributed by atoms with Gasteiger partial charge in [-0.1, -0.05) is 30.3 Å². The van der Waals surface area contributed by atoms with Crippen molar-refractivity contribution in [3.63, 3.8) is 0 Å². The lowest BCUT2D eigenvalue weighted by atomic mass is 10.1. The molecule has 0 spiro atoms. The molecule has 0 fully saturated rings. The molecule has 2 aromatic rings. The summed E-state index contributed by atoms with van der Waals surface area (Å²) in [5.41, 5.74) is 7.84. The Morgan fingerprint density at radius 3 is 2.55 bits per heavy atom. The van der Waals surface area contributed by atoms with Crippen molar-refractivity contribution < 1.29 is 9.53 Å². The Bertz CT molecular complexity index is 597. The number of amides is 1. The smallest absolute Gasteiger partial charge is 0.257 e. The molecule has 0 aromatic heterocycles. The number of nitrogens with zero attached hydrogens (tertiary/aromatic N) is 1. The van der Waals surface area contributed by atoms with Crippen LogP contribution in [0.4, 0.5) is 5.69 Å². The molecule has 4 nitrogen and oxygen atoms in total. The number of rotatable bonds is 4. The van der Waals surface area contributed by atoms with Gasteiger partial charge in [-0.05, 0) is 23.8 Å². The maximum atomic E-state index is 12.5. The molecule has 0 atom stereocenters. The predicted molar refractivity (Wildman–Crippen MR) is 79.6 cm³/mol. The molecule has 2 N–H and O–H groups in total. The van der Waals surface area contributed by atoms with Crippen LogP contribution in [0.3, 0.4) is 0 Å². The van der Waals surface area contributed by atoms with Gasteiger partial charge in [0.1, 0.15) is 5.75 Å². The summed E-state index contributed by atoms with van der Waals surface area (Å²) < 4.78 is 5.22. The fourth-order valence-electron chi connectivity index (χ4n) is 2.03. The average molecular weight is 270 g/mol. The minimum atomic E-state index is -0.113. The molecule has 0 saturated heterocycles. The lowest BCUT2D eigenvalue weighted by Crippen LogP contribution is -2.26. The number of hydrogen-bond acceptors (Lipinski definition) is 3. The van der Waals surface area contributed by atoms with Crippen LogP contribution in [0.1, 0.15) is 15.9 Å². The molecule has 0 heterocycles. The summed E-state index contributed by atoms with van der Waals surface area (Å²) in [5, 5.41) is 0. The van der Waals surface area contributed by atoms with Crippen LogP contribution in [-0.2, 0) is 6.54 Å². The molecular formula is C16H18N2O2. The van der Waals surface area contributed by atoms with Gasteiger partial charge in [-0.25, -0.2) is 0 Å². The number of carbonyl (C=O) groups is 1. The van der Waals surface area contributed by atoms with Crippen LogP contribution in [0.5, 0.6) is 5.75 Å². The highest BCUT2D eigenvalue weighted by molar-refractivity contribution is 5.97. The van der Waals surface area contributed by atoms with Crippen LogP contribution in [0.2, 0.25) is 0 Å². The summed E-state index contributed by atoms with van der Waals surface area (Å²) >= 11 is 0. The number of hydrogen-bond donors (Lipinski definition) is 1. The van der Waals surface area contributed by atoms with E-state index in [1.807, 2.05) is 30.3 Å². The zero-order valence-corrected chi connectivity index (χ0v) is 11.7. The number of methoxy groups -OCH3 is 1. The highest BCUT2D eigenvalue weighted by Gasteiger charge is 2.17. The Morgan fingerprint density at radius 2 is 1.90 bits per heavy atom. The van der Waals surface area contributed by atoms with Crippen molar-refractivity contribution in [3.05, 3.63) is 59.7 Å². The first-order valence-electron chi connectivity index (χ1n) is 6.34. The summed E-state index contributed by atoms with van der Waals surface area (Å²) in [4.78, 5) is 14.1. The van der Waals surface area contributed by atoms with E-state index >= 15 is 0 Å². The predicted octanol–water partition coefficient (Wildman–Crippen LogP) is 2.55. The summed E-state index contributed by atoms with van der Waals surface area (Å²) in [6.07, 6.45) is 0. The monoisotopic (exact) mass is 270 g/mol. The van der Waals surface area contributed by atoms with Crippen molar-refractivity contribution >= 4 is 11.6 Å². The maximum Gasteiger partial charge on any atom is 0.257 e. The van der Waals surface area contributed by atoms with Gasteiger partial charge in [0.15, 0.2) is 0 Å². The topological polar surface area (TPSA) is 55.6 Å². The lowest BCUT2D eigenvalue weighted by Gasteiger charge is -2.19. The molecule has 0 unspecified atom stereocenters. The molecule has 0 saturated carbocycles. The van der Waals surface area contributed by atoms with Gasteiger partial charge in [0.25, 0.3) is 5.91 Å². The van der Waals surface area contributed by atoms with E-state index in [0.29, 0.717) is 23.5 Å². The number of benzene rings is 2. The van der Waals surface area contributed by atoms with E-state index in [1.54, 1.807) is 37.3 Å². The quantitative estimate of drug-likeness (QED) is 0.869. The standard InChI is InChI=1S/C16H18N2O2/c1-18(11-12-6-4-3-5-7-12)16(19)14-10-13(17)8-9-15(14)20-2/h3-10H,11,17H2,1-2H3. The molecule has 0 aliphatic rings. The molecule has 104 valence electrons. The Labute approximate surface area is 118 Å². The van der Waals surface area contributed by atoms with Crippen LogP contribution < -0.4 is 10.5 Å². The fraction of sp³-hybridized carbons (Fsp3) is 0.188. The van der Waals surface area contributed by atoms with Gasteiger partial charge in [0, 0.05) is 19.3 Å². The highest BCUT2D eigenvalue weighted by atomic mass is 16.5. The molecule has 0 bridgehead atoms. The number of ether oxygens (including phenoxy) is 1. The van der Waals surface area contributed by atoms with E-state index in [4.69, 9.17) is 10.5 Å². The fourth-order valence-corrected chi connectivity index (χ4v) is 2.03. The van der Waals surface area contributed by atoms with Crippen molar-refractivity contribution in [2.75, 3.05) is 19.9 Å². The van der Waals surface area contributed by atoms with Crippen LogP contribution in [0, 0.1) is 0 Å². The number of anilines is 1. The van der Waals surface area contributed by atoms with Gasteiger partial charge in [-0.2, -0.15) is 0 Å². The summed E-state index contributed by atoms with van der Waals surface area (Å²) in [5.74, 6) is 0.419. The molecule has 2 aromatic carbocycles. The molecular weight excluding hydrogens is 252 g/mol. The van der Waals surface area contributed by atoms with E-state index in [2.05, 4.69) is 0 Å². The maximum absolute atomic E-state index is 12.5. The largest absolute Gasteiger partial charge is 0.496 e. The van der Waals surface area contributed by atoms with Gasteiger partial charge < -0.3 is 15.4 Å². The van der Waals surface area contributed by atoms with E-state index in [1.165, 1.54) is 0 Å². The summed E-state index contributed by atoms with van der Waals surface area (Å²) in [6, 6.07) is 14.9. The number of carbonyl (C=O) groups excluding carboxylic acids is 1. The molecule has 0 aliphatic carbocycles. The Hall–Kier alpha value is -2.49. The average Bonchev–Trinajstić information content (AvgIpc) is 2.47. The van der Waals surface area contributed by atoms with Crippen LogP contribution in [0.25, 0.3) is 0 Å². The molecule has 0 aliphatic heterocycles. The third kappa shape index (κ3) is 3.09. The Morgan fingerprint density at radius 1 is 1.20 bits per heavy atom. The summed E-state index contributed by atoms with van der Waals surface area (Å²) in [6.45, 7) is 0.539. The second-order valence-corrected chi connectivity index (χ2v) is 4.61. The number of nitrogens with two attached hydrogens (primary N) is 1. The molecule has 4 heteroatoms. The van der Waals surface area contributed by atoms with Crippen molar-refractivity contribution in [1.29, 1.82) is 0 Å². The third-order valence-electron chi connectivity index (χ3n) is 3.06. The van der Waals surface area contributed by atoms with Gasteiger partial charge in [-0.3, -0.25) is 4.79 Å². The summed E-state index contributed by atoms with van der Waals surface area (Å²) in [7, 11) is 3.30. The van der Waals surface area contributed by atoms with Crippen molar-refractivity contribution in [3.8, 4) is 5.75 Å². The molecule has 1 amide bonds. The minimum Gasteiger partial charge on any atom is -0.496 e. The van der Waals surface area contributed by atoms with Gasteiger partial charge in [0.05, 0.1) is 12.7 Å². The van der Waals surface area contributed by atoms with Crippen molar-refractivity contribution in [1.82, 2.24) is 4.90 Å². The Balaban J connectivity index is 2.20. The minimum absolute atomic E-state index is 0.113. The van der Waals surface area contributed by atoms with Crippen LogP contribution in [-0.4, -0.2) is 25.0 Å². The van der Waals surface area contributed by atoms with Crippen LogP contribution in [0.15, 0.2) is 48.5 Å². The van der Waals surface area contributed by atoms with E-state index < -0.39 is 0 Å². The van der Waals surface area contributed by atoms with Crippen molar-refractivity contribution in [2.45, 2.75) is 6.54 Å². The third-order valence-corrected chi connectivity index (χ3v) is 3.06. The lowest BCUT2D eigenvalue weighted by molar-refractivity contribution is 0.0782. The first-order valence-corrected chi connectivity index (χ1v) is 6.34. The second-order valence-electron chi connectivity index (χ2n) is 4.61. The van der Waals surface area contributed by atoms with Crippen molar-refractivity contribution in [2.24, 2.45) is 0 Å². The van der Waals surface area contributed by atoms with Gasteiger partial charge in [0.2, 0.25) is 0 Å². The molecule has 0 radical (unpaired) electrons. The Kier molecular flexibility index (Phi) is 4.25. The number of nitrogen functional groups attached to an aromatic ring is 1. The van der Waals surface area contributed by atoms with E-state index in [-0.39, 0.29) is 5.91 Å². The first kappa shape index (κ1) is 13.9. The zero-order valence-electron chi connectivity index (χ0n) is 11.7. The zero-order chi connectivity index (χ0) is 14.5. The second kappa shape index (κ2) is 6.10. The SMILES string of the molecule is COc1ccc(N)cc1C(=O)N(C)Cc1ccccc1. The van der Waals surface area contributed by atoms with Gasteiger partial charge in [-0.15, -0.1) is 0 Å². The van der Waals surface area contributed by atoms with E-state index in [9.17, 15) is 4.79 Å². The molecule has 20 heavy (non-hydrogen) atoms. The van der Waals surface area contributed by atoms with Crippen LogP contribution >= 0.6 is 0 Å². The normalized spacial score (nSPS) is 10.1. The first-order chi connectivity index (χ1) is 9.61. The van der Waals surface area contributed by atoms with Gasteiger partial charge >= 0.3 is 0 Å². The highest BCUT2D eigenvalue weighted by Crippen LogP contribution is 2.22. The van der Waals surface area contributed by atoms with E-state index in [0.717, 1.165) is 5.56 Å².